The Bertz CT molecular complexity index is 399. The Morgan fingerprint density at radius 1 is 1.60 bits per heavy atom. The molecule has 0 saturated carbocycles. The number of pyridine rings is 1. The summed E-state index contributed by atoms with van der Waals surface area (Å²) in [7, 11) is 0. The van der Waals surface area contributed by atoms with Gasteiger partial charge in [-0.25, -0.2) is 4.39 Å². The molecule has 2 nitrogen and oxygen atoms in total. The lowest BCUT2D eigenvalue weighted by atomic mass is 10.3. The number of aliphatic imine (C=N–C) groups is 1. The van der Waals surface area contributed by atoms with Gasteiger partial charge in [-0.3, -0.25) is 9.98 Å². The molecular weight excluding hydrogens is 215 g/mol. The second-order valence-electron chi connectivity index (χ2n) is 3.09. The molecule has 1 aromatic heterocycles. The maximum absolute atomic E-state index is 12.8. The van der Waals surface area contributed by atoms with E-state index in [0.717, 1.165) is 11.8 Å². The fourth-order valence-corrected chi connectivity index (χ4v) is 1.12. The van der Waals surface area contributed by atoms with Gasteiger partial charge >= 0.3 is 0 Å². The van der Waals surface area contributed by atoms with Gasteiger partial charge in [0.05, 0.1) is 12.7 Å². The number of nitrogens with zero attached hydrogens (tertiary/aromatic N) is 2. The van der Waals surface area contributed by atoms with Crippen LogP contribution in [0.1, 0.15) is 19.4 Å². The van der Waals surface area contributed by atoms with Gasteiger partial charge in [-0.1, -0.05) is 17.7 Å². The van der Waals surface area contributed by atoms with Crippen molar-refractivity contribution in [3.63, 3.8) is 0 Å². The number of halogens is 2. The Morgan fingerprint density at radius 3 is 2.93 bits per heavy atom. The maximum atomic E-state index is 12.8. The third kappa shape index (κ3) is 3.80. The molecule has 0 aliphatic rings. The van der Waals surface area contributed by atoms with Crippen LogP contribution in [0.25, 0.3) is 0 Å². The Morgan fingerprint density at radius 2 is 2.33 bits per heavy atom. The van der Waals surface area contributed by atoms with E-state index in [-0.39, 0.29) is 5.82 Å². The average molecular weight is 227 g/mol. The van der Waals surface area contributed by atoms with E-state index in [1.807, 2.05) is 19.9 Å². The predicted octanol–water partition coefficient (Wildman–Crippen LogP) is 3.32. The van der Waals surface area contributed by atoms with E-state index in [1.165, 1.54) is 6.07 Å². The molecule has 4 heteroatoms. The molecular formula is C11H12ClFN2. The zero-order valence-electron chi connectivity index (χ0n) is 8.67. The van der Waals surface area contributed by atoms with Crippen LogP contribution in [0.2, 0.25) is 0 Å². The van der Waals surface area contributed by atoms with E-state index in [1.54, 1.807) is 6.20 Å². The normalized spacial score (nSPS) is 13.1. The van der Waals surface area contributed by atoms with E-state index >= 15 is 0 Å². The van der Waals surface area contributed by atoms with Gasteiger partial charge in [-0.15, -0.1) is 0 Å². The third-order valence-corrected chi connectivity index (χ3v) is 2.34. The molecule has 0 aliphatic heterocycles. The smallest absolute Gasteiger partial charge is 0.141 e. The van der Waals surface area contributed by atoms with Crippen molar-refractivity contribution in [1.29, 1.82) is 0 Å². The molecule has 0 aromatic carbocycles. The molecule has 0 radical (unpaired) electrons. The first-order chi connectivity index (χ1) is 7.13. The van der Waals surface area contributed by atoms with E-state index < -0.39 is 0 Å². The number of allylic oxidation sites excluding steroid dienone is 2. The van der Waals surface area contributed by atoms with Crippen LogP contribution >= 0.6 is 11.6 Å². The molecule has 0 amide bonds. The van der Waals surface area contributed by atoms with Gasteiger partial charge in [0.25, 0.3) is 0 Å². The Balaban J connectivity index is 2.72. The quantitative estimate of drug-likeness (QED) is 0.726. The van der Waals surface area contributed by atoms with Crippen LogP contribution in [0.4, 0.5) is 4.39 Å². The molecule has 0 aliphatic carbocycles. The van der Waals surface area contributed by atoms with E-state index in [0.29, 0.717) is 17.3 Å². The molecule has 0 saturated heterocycles. The highest BCUT2D eigenvalue weighted by Crippen LogP contribution is 2.06. The minimum atomic E-state index is -0.360. The first kappa shape index (κ1) is 11.9. The summed E-state index contributed by atoms with van der Waals surface area (Å²) in [6.45, 7) is 4.10. The zero-order chi connectivity index (χ0) is 11.3. The van der Waals surface area contributed by atoms with Crippen molar-refractivity contribution >= 4 is 16.8 Å². The van der Waals surface area contributed by atoms with Crippen LogP contribution in [-0.4, -0.2) is 10.2 Å². The molecule has 0 bridgehead atoms. The Hall–Kier alpha value is -1.22. The van der Waals surface area contributed by atoms with Crippen molar-refractivity contribution in [3.05, 3.63) is 41.5 Å². The fourth-order valence-electron chi connectivity index (χ4n) is 0.947. The number of aromatic nitrogens is 1. The molecule has 80 valence electrons. The summed E-state index contributed by atoms with van der Waals surface area (Å²) in [5, 5.41) is 0.446. The first-order valence-electron chi connectivity index (χ1n) is 4.56. The second kappa shape index (κ2) is 5.61. The summed E-state index contributed by atoms with van der Waals surface area (Å²) in [6.07, 6.45) is 4.60. The van der Waals surface area contributed by atoms with Crippen LogP contribution in [0.3, 0.4) is 0 Å². The van der Waals surface area contributed by atoms with Crippen LogP contribution in [0.15, 0.2) is 35.1 Å². The van der Waals surface area contributed by atoms with Gasteiger partial charge < -0.3 is 0 Å². The van der Waals surface area contributed by atoms with Crippen LogP contribution in [0.5, 0.6) is 0 Å². The lowest BCUT2D eigenvalue weighted by Gasteiger charge is -1.98. The Labute approximate surface area is 93.5 Å². The van der Waals surface area contributed by atoms with Crippen molar-refractivity contribution in [3.8, 4) is 0 Å². The Kier molecular flexibility index (Phi) is 4.43. The summed E-state index contributed by atoms with van der Waals surface area (Å²) in [5.41, 5.74) is 1.61. The molecule has 0 N–H and O–H groups in total. The summed E-state index contributed by atoms with van der Waals surface area (Å²) in [4.78, 5) is 7.84. The lowest BCUT2D eigenvalue weighted by Crippen LogP contribution is -1.92. The van der Waals surface area contributed by atoms with E-state index in [9.17, 15) is 4.39 Å². The monoisotopic (exact) mass is 226 g/mol. The lowest BCUT2D eigenvalue weighted by molar-refractivity contribution is 0.618. The number of rotatable bonds is 3. The zero-order valence-corrected chi connectivity index (χ0v) is 9.42. The topological polar surface area (TPSA) is 25.2 Å². The third-order valence-electron chi connectivity index (χ3n) is 1.92. The van der Waals surface area contributed by atoms with Gasteiger partial charge in [-0.05, 0) is 31.1 Å². The molecule has 15 heavy (non-hydrogen) atoms. The van der Waals surface area contributed by atoms with Crippen molar-refractivity contribution in [2.24, 2.45) is 4.99 Å². The molecule has 0 spiro atoms. The summed E-state index contributed by atoms with van der Waals surface area (Å²) in [5.74, 6) is -0.360. The summed E-state index contributed by atoms with van der Waals surface area (Å²) < 4.78 is 12.8. The highest BCUT2D eigenvalue weighted by Gasteiger charge is 1.98. The molecule has 1 heterocycles. The first-order valence-corrected chi connectivity index (χ1v) is 4.94. The van der Waals surface area contributed by atoms with Gasteiger partial charge in [0.15, 0.2) is 0 Å². The largest absolute Gasteiger partial charge is 0.268 e. The minimum Gasteiger partial charge on any atom is -0.268 e. The highest BCUT2D eigenvalue weighted by molar-refractivity contribution is 6.69. The molecule has 1 rings (SSSR count). The van der Waals surface area contributed by atoms with E-state index in [4.69, 9.17) is 11.6 Å². The van der Waals surface area contributed by atoms with Crippen molar-refractivity contribution in [1.82, 2.24) is 4.98 Å². The SMILES string of the molecule is C/C=C(/C)C(Cl)=NCc1cncc(F)c1. The number of hydrogen-bond acceptors (Lipinski definition) is 2. The summed E-state index contributed by atoms with van der Waals surface area (Å²) >= 11 is 5.89. The van der Waals surface area contributed by atoms with Crippen molar-refractivity contribution in [2.75, 3.05) is 0 Å². The van der Waals surface area contributed by atoms with Gasteiger partial charge in [-0.2, -0.15) is 0 Å². The van der Waals surface area contributed by atoms with Gasteiger partial charge in [0.2, 0.25) is 0 Å². The van der Waals surface area contributed by atoms with Crippen LogP contribution in [0, 0.1) is 5.82 Å². The average Bonchev–Trinajstić information content (AvgIpc) is 2.25. The van der Waals surface area contributed by atoms with Gasteiger partial charge in [0.1, 0.15) is 11.0 Å². The minimum absolute atomic E-state index is 0.342. The highest BCUT2D eigenvalue weighted by atomic mass is 35.5. The predicted molar refractivity (Wildman–Crippen MR) is 60.6 cm³/mol. The van der Waals surface area contributed by atoms with Crippen LogP contribution < -0.4 is 0 Å². The van der Waals surface area contributed by atoms with Crippen molar-refractivity contribution in [2.45, 2.75) is 20.4 Å². The molecule has 0 unspecified atom stereocenters. The molecule has 0 atom stereocenters. The fraction of sp³-hybridized carbons (Fsp3) is 0.273. The van der Waals surface area contributed by atoms with E-state index in [2.05, 4.69) is 9.98 Å². The summed E-state index contributed by atoms with van der Waals surface area (Å²) in [6, 6.07) is 1.39. The maximum Gasteiger partial charge on any atom is 0.141 e. The second-order valence-corrected chi connectivity index (χ2v) is 3.45. The van der Waals surface area contributed by atoms with Crippen LogP contribution in [-0.2, 0) is 6.54 Å². The van der Waals surface area contributed by atoms with Crippen molar-refractivity contribution < 1.29 is 4.39 Å². The molecule has 0 fully saturated rings. The molecule has 1 aromatic rings. The van der Waals surface area contributed by atoms with Gasteiger partial charge in [0, 0.05) is 6.20 Å². The standard InChI is InChI=1S/C11H12ClFN2/c1-3-8(2)11(12)15-6-9-4-10(13)7-14-5-9/h3-5,7H,6H2,1-2H3/b8-3-,15-11?. The number of hydrogen-bond donors (Lipinski definition) is 0.